The Bertz CT molecular complexity index is 1310. The standard InChI is InChI=1S/C24H21BrN4O3/c1-14(16-7-9-17(10-8-16)24(31)32)27-23(30)22-21(25)15(2)28-29(22)13-20-11-18-5-3-4-6-19(18)12-26-20/h3-12,14H,13H2,1-2H3,(H,27,30)(H,31,32)/t14-/m0/s1. The summed E-state index contributed by atoms with van der Waals surface area (Å²) in [6, 6.07) is 16.1. The number of rotatable bonds is 6. The fraction of sp³-hybridized carbons (Fsp3) is 0.167. The summed E-state index contributed by atoms with van der Waals surface area (Å²) in [5.74, 6) is -1.27. The summed E-state index contributed by atoms with van der Waals surface area (Å²) >= 11 is 3.50. The van der Waals surface area contributed by atoms with Crippen LogP contribution in [0.3, 0.4) is 0 Å². The average Bonchev–Trinajstić information content (AvgIpc) is 3.06. The Kier molecular flexibility index (Phi) is 6.05. The zero-order valence-electron chi connectivity index (χ0n) is 17.5. The predicted octanol–water partition coefficient (Wildman–Crippen LogP) is 4.74. The number of aromatic nitrogens is 3. The zero-order valence-corrected chi connectivity index (χ0v) is 19.1. The Morgan fingerprint density at radius 3 is 2.50 bits per heavy atom. The van der Waals surface area contributed by atoms with Crippen LogP contribution in [0.4, 0.5) is 0 Å². The van der Waals surface area contributed by atoms with Crippen molar-refractivity contribution in [3.8, 4) is 0 Å². The van der Waals surface area contributed by atoms with Gasteiger partial charge in [-0.2, -0.15) is 5.10 Å². The van der Waals surface area contributed by atoms with Gasteiger partial charge in [0, 0.05) is 11.6 Å². The van der Waals surface area contributed by atoms with Gasteiger partial charge in [-0.15, -0.1) is 0 Å². The number of amides is 1. The van der Waals surface area contributed by atoms with Crippen molar-refractivity contribution in [3.05, 3.63) is 93.5 Å². The number of halogens is 1. The number of carbonyl (C=O) groups excluding carboxylic acids is 1. The highest BCUT2D eigenvalue weighted by molar-refractivity contribution is 9.10. The predicted molar refractivity (Wildman–Crippen MR) is 125 cm³/mol. The average molecular weight is 493 g/mol. The molecular weight excluding hydrogens is 472 g/mol. The molecule has 0 fully saturated rings. The van der Waals surface area contributed by atoms with Crippen LogP contribution in [0, 0.1) is 6.92 Å². The number of carbonyl (C=O) groups is 2. The summed E-state index contributed by atoms with van der Waals surface area (Å²) in [4.78, 5) is 28.7. The molecule has 0 radical (unpaired) electrons. The number of pyridine rings is 1. The SMILES string of the molecule is Cc1nn(Cc2cc3ccccc3cn2)c(C(=O)N[C@@H](C)c2ccc(C(=O)O)cc2)c1Br. The molecule has 2 heterocycles. The van der Waals surface area contributed by atoms with Gasteiger partial charge in [0.05, 0.1) is 34.0 Å². The van der Waals surface area contributed by atoms with E-state index >= 15 is 0 Å². The molecule has 8 heteroatoms. The normalized spacial score (nSPS) is 12.0. The maximum Gasteiger partial charge on any atom is 0.335 e. The van der Waals surface area contributed by atoms with Crippen molar-refractivity contribution >= 4 is 38.6 Å². The maximum atomic E-state index is 13.1. The lowest BCUT2D eigenvalue weighted by atomic mass is 10.1. The van der Waals surface area contributed by atoms with Crippen molar-refractivity contribution in [3.63, 3.8) is 0 Å². The van der Waals surface area contributed by atoms with Gasteiger partial charge in [0.15, 0.2) is 0 Å². The lowest BCUT2D eigenvalue weighted by Crippen LogP contribution is -2.29. The molecule has 2 N–H and O–H groups in total. The van der Waals surface area contributed by atoms with E-state index in [1.807, 2.05) is 50.4 Å². The molecule has 1 amide bonds. The molecule has 2 aromatic carbocycles. The molecule has 0 saturated heterocycles. The zero-order chi connectivity index (χ0) is 22.8. The van der Waals surface area contributed by atoms with Crippen LogP contribution >= 0.6 is 15.9 Å². The first-order chi connectivity index (χ1) is 15.3. The Labute approximate surface area is 193 Å². The van der Waals surface area contributed by atoms with Gasteiger partial charge in [0.1, 0.15) is 5.69 Å². The third-order valence-electron chi connectivity index (χ3n) is 5.27. The molecule has 0 unspecified atom stereocenters. The van der Waals surface area contributed by atoms with Gasteiger partial charge < -0.3 is 10.4 Å². The number of carboxylic acids is 1. The van der Waals surface area contributed by atoms with Crippen LogP contribution < -0.4 is 5.32 Å². The van der Waals surface area contributed by atoms with Gasteiger partial charge in [0.2, 0.25) is 0 Å². The summed E-state index contributed by atoms with van der Waals surface area (Å²) in [6.07, 6.45) is 1.82. The highest BCUT2D eigenvalue weighted by Crippen LogP contribution is 2.24. The van der Waals surface area contributed by atoms with E-state index < -0.39 is 5.97 Å². The molecule has 0 aliphatic heterocycles. The van der Waals surface area contributed by atoms with Gasteiger partial charge in [0.25, 0.3) is 5.91 Å². The molecule has 4 rings (SSSR count). The third-order valence-corrected chi connectivity index (χ3v) is 6.22. The van der Waals surface area contributed by atoms with Crippen LogP contribution in [0.2, 0.25) is 0 Å². The molecular formula is C24H21BrN4O3. The van der Waals surface area contributed by atoms with Gasteiger partial charge in [-0.25, -0.2) is 4.79 Å². The Balaban J connectivity index is 1.57. The van der Waals surface area contributed by atoms with Crippen molar-refractivity contribution in [1.82, 2.24) is 20.1 Å². The van der Waals surface area contributed by atoms with Crippen LogP contribution in [0.15, 0.2) is 65.3 Å². The first kappa shape index (κ1) is 21.7. The summed E-state index contributed by atoms with van der Waals surface area (Å²) in [7, 11) is 0. The maximum absolute atomic E-state index is 13.1. The molecule has 0 aliphatic carbocycles. The van der Waals surface area contributed by atoms with E-state index in [0.717, 1.165) is 22.0 Å². The Morgan fingerprint density at radius 2 is 1.81 bits per heavy atom. The van der Waals surface area contributed by atoms with E-state index in [1.54, 1.807) is 16.8 Å². The highest BCUT2D eigenvalue weighted by atomic mass is 79.9. The topological polar surface area (TPSA) is 97.1 Å². The van der Waals surface area contributed by atoms with Gasteiger partial charge >= 0.3 is 5.97 Å². The minimum atomic E-state index is -0.987. The first-order valence-corrected chi connectivity index (χ1v) is 10.8. The second kappa shape index (κ2) is 8.92. The Morgan fingerprint density at radius 1 is 1.12 bits per heavy atom. The largest absolute Gasteiger partial charge is 0.478 e. The van der Waals surface area contributed by atoms with Gasteiger partial charge in [-0.05, 0) is 58.9 Å². The van der Waals surface area contributed by atoms with Crippen molar-refractivity contribution in [2.75, 3.05) is 0 Å². The minimum Gasteiger partial charge on any atom is -0.478 e. The van der Waals surface area contributed by atoms with E-state index in [1.165, 1.54) is 12.1 Å². The summed E-state index contributed by atoms with van der Waals surface area (Å²) in [6.45, 7) is 4.03. The smallest absolute Gasteiger partial charge is 0.335 e. The number of nitrogens with zero attached hydrogens (tertiary/aromatic N) is 3. The lowest BCUT2D eigenvalue weighted by Gasteiger charge is -2.16. The van der Waals surface area contributed by atoms with Crippen LogP contribution in [0.1, 0.15) is 50.8 Å². The van der Waals surface area contributed by atoms with E-state index in [0.29, 0.717) is 22.4 Å². The highest BCUT2D eigenvalue weighted by Gasteiger charge is 2.22. The van der Waals surface area contributed by atoms with Crippen LogP contribution in [0.25, 0.3) is 10.8 Å². The molecule has 0 spiro atoms. The number of aromatic carboxylic acids is 1. The Hall–Kier alpha value is -3.52. The van der Waals surface area contributed by atoms with Gasteiger partial charge in [-0.1, -0.05) is 36.4 Å². The second-order valence-corrected chi connectivity index (χ2v) is 8.34. The van der Waals surface area contributed by atoms with Crippen LogP contribution in [-0.2, 0) is 6.54 Å². The molecule has 0 saturated carbocycles. The number of hydrogen-bond acceptors (Lipinski definition) is 4. The summed E-state index contributed by atoms with van der Waals surface area (Å²) in [5.41, 5.74) is 2.91. The van der Waals surface area contributed by atoms with Crippen molar-refractivity contribution in [2.24, 2.45) is 0 Å². The molecule has 4 aromatic rings. The van der Waals surface area contributed by atoms with E-state index in [2.05, 4.69) is 31.3 Å². The summed E-state index contributed by atoms with van der Waals surface area (Å²) < 4.78 is 2.27. The van der Waals surface area contributed by atoms with E-state index in [4.69, 9.17) is 5.11 Å². The van der Waals surface area contributed by atoms with Crippen molar-refractivity contribution < 1.29 is 14.7 Å². The molecule has 1 atom stereocenters. The second-order valence-electron chi connectivity index (χ2n) is 7.55. The van der Waals surface area contributed by atoms with Gasteiger partial charge in [-0.3, -0.25) is 14.5 Å². The molecule has 32 heavy (non-hydrogen) atoms. The lowest BCUT2D eigenvalue weighted by molar-refractivity contribution is 0.0696. The fourth-order valence-corrected chi connectivity index (χ4v) is 3.99. The number of fused-ring (bicyclic) bond motifs is 1. The third kappa shape index (κ3) is 4.40. The molecule has 2 aromatic heterocycles. The number of hydrogen-bond donors (Lipinski definition) is 2. The number of carboxylic acid groups (broad SMARTS) is 1. The quantitative estimate of drug-likeness (QED) is 0.405. The number of aryl methyl sites for hydroxylation is 1. The monoisotopic (exact) mass is 492 g/mol. The van der Waals surface area contributed by atoms with Crippen LogP contribution in [-0.4, -0.2) is 31.7 Å². The number of nitrogens with one attached hydrogen (secondary N) is 1. The molecule has 0 bridgehead atoms. The van der Waals surface area contributed by atoms with Crippen molar-refractivity contribution in [2.45, 2.75) is 26.4 Å². The van der Waals surface area contributed by atoms with E-state index in [-0.39, 0.29) is 17.5 Å². The first-order valence-electron chi connectivity index (χ1n) is 10.0. The molecule has 162 valence electrons. The van der Waals surface area contributed by atoms with E-state index in [9.17, 15) is 9.59 Å². The minimum absolute atomic E-state index is 0.201. The fourth-order valence-electron chi connectivity index (χ4n) is 3.52. The van der Waals surface area contributed by atoms with Crippen molar-refractivity contribution in [1.29, 1.82) is 0 Å². The number of benzene rings is 2. The summed E-state index contributed by atoms with van der Waals surface area (Å²) in [5, 5.41) is 18.7. The van der Waals surface area contributed by atoms with Crippen LogP contribution in [0.5, 0.6) is 0 Å². The molecule has 7 nitrogen and oxygen atoms in total. The molecule has 0 aliphatic rings.